The molecule has 0 bridgehead atoms. The summed E-state index contributed by atoms with van der Waals surface area (Å²) in [5.74, 6) is -0.190. The quantitative estimate of drug-likeness (QED) is 0.389. The average molecular weight is 455 g/mol. The Labute approximate surface area is 200 Å². The van der Waals surface area contributed by atoms with Crippen molar-refractivity contribution in [2.45, 2.75) is 0 Å². The Morgan fingerprint density at radius 1 is 1.06 bits per heavy atom. The molecule has 3 heterocycles. The third kappa shape index (κ3) is 3.73. The first-order valence-corrected chi connectivity index (χ1v) is 11.0. The highest BCUT2D eigenvalue weighted by atomic mass is 16.3. The van der Waals surface area contributed by atoms with E-state index < -0.39 is 5.92 Å². The molecule has 0 radical (unpaired) electrons. The molecule has 1 unspecified atom stereocenters. The van der Waals surface area contributed by atoms with Crippen LogP contribution in [-0.2, 0) is 4.79 Å². The summed E-state index contributed by atoms with van der Waals surface area (Å²) in [6, 6.07) is 21.4. The predicted molar refractivity (Wildman–Crippen MR) is 134 cm³/mol. The summed E-state index contributed by atoms with van der Waals surface area (Å²) in [5.41, 5.74) is 3.53. The van der Waals surface area contributed by atoms with Crippen LogP contribution < -0.4 is 0 Å². The maximum atomic E-state index is 12.6. The number of fused-ring (bicyclic) bond motifs is 2. The van der Waals surface area contributed by atoms with Gasteiger partial charge in [-0.15, -0.1) is 0 Å². The molecule has 0 saturated heterocycles. The number of carbonyl (C=O) groups is 1. The van der Waals surface area contributed by atoms with Crippen molar-refractivity contribution in [2.24, 2.45) is 15.9 Å². The summed E-state index contributed by atoms with van der Waals surface area (Å²) < 4.78 is 7.81. The molecular formula is C28H17N5O2. The minimum absolute atomic E-state index is 0.0896. The van der Waals surface area contributed by atoms with Gasteiger partial charge in [-0.1, -0.05) is 54.6 Å². The number of carbonyl (C=O) groups excluding carboxylic acids is 1. The van der Waals surface area contributed by atoms with E-state index in [1.165, 1.54) is 0 Å². The molecule has 1 aliphatic carbocycles. The molecule has 0 fully saturated rings. The summed E-state index contributed by atoms with van der Waals surface area (Å²) in [6.07, 6.45) is 10.6. The largest absolute Gasteiger partial charge is 0.454 e. The van der Waals surface area contributed by atoms with Gasteiger partial charge < -0.3 is 4.42 Å². The highest BCUT2D eigenvalue weighted by molar-refractivity contribution is 6.26. The number of aliphatic imine (C=N–C) groups is 2. The fourth-order valence-corrected chi connectivity index (χ4v) is 4.09. The van der Waals surface area contributed by atoms with Crippen molar-refractivity contribution in [1.29, 1.82) is 5.26 Å². The van der Waals surface area contributed by atoms with Gasteiger partial charge in [0.1, 0.15) is 23.3 Å². The molecule has 35 heavy (non-hydrogen) atoms. The number of amidine groups is 1. The SMILES string of the molecule is N#C/C(=C/c1cn(-c2ccccc2)nc1-c1cc2ccccc2o1)C1=NC(=O)C2C=CC=CC2=N1. The lowest BCUT2D eigenvalue weighted by Crippen LogP contribution is -2.27. The molecule has 6 rings (SSSR count). The fourth-order valence-electron chi connectivity index (χ4n) is 4.09. The van der Waals surface area contributed by atoms with Crippen molar-refractivity contribution in [3.05, 3.63) is 102 Å². The Morgan fingerprint density at radius 3 is 2.71 bits per heavy atom. The Morgan fingerprint density at radius 2 is 1.89 bits per heavy atom. The van der Waals surface area contributed by atoms with Gasteiger partial charge in [0.2, 0.25) is 0 Å². The van der Waals surface area contributed by atoms with Gasteiger partial charge in [0.15, 0.2) is 11.6 Å². The van der Waals surface area contributed by atoms with E-state index in [0.717, 1.165) is 16.7 Å². The maximum absolute atomic E-state index is 12.6. The van der Waals surface area contributed by atoms with Crippen LogP contribution in [0.15, 0.2) is 111 Å². The topological polar surface area (TPSA) is 96.5 Å². The molecule has 2 aromatic heterocycles. The van der Waals surface area contributed by atoms with Gasteiger partial charge in [0.05, 0.1) is 17.0 Å². The molecule has 1 amide bonds. The number of nitriles is 1. The molecule has 2 aromatic carbocycles. The molecule has 0 N–H and O–H groups in total. The lowest BCUT2D eigenvalue weighted by molar-refractivity contribution is -0.118. The van der Waals surface area contributed by atoms with Crippen LogP contribution >= 0.6 is 0 Å². The maximum Gasteiger partial charge on any atom is 0.260 e. The second kappa shape index (κ2) is 8.36. The Bertz CT molecular complexity index is 1640. The lowest BCUT2D eigenvalue weighted by Gasteiger charge is -2.17. The third-order valence-electron chi connectivity index (χ3n) is 5.80. The van der Waals surface area contributed by atoms with Gasteiger partial charge in [-0.2, -0.15) is 15.4 Å². The Hall–Kier alpha value is -5.09. The second-order valence-corrected chi connectivity index (χ2v) is 8.06. The molecule has 1 atom stereocenters. The zero-order chi connectivity index (χ0) is 23.8. The number of furan rings is 1. The number of hydrogen-bond acceptors (Lipinski definition) is 5. The van der Waals surface area contributed by atoms with Crippen LogP contribution in [0, 0.1) is 17.2 Å². The molecule has 7 nitrogen and oxygen atoms in total. The van der Waals surface area contributed by atoms with Crippen LogP contribution in [0.25, 0.3) is 34.2 Å². The summed E-state index contributed by atoms with van der Waals surface area (Å²) in [7, 11) is 0. The van der Waals surface area contributed by atoms with E-state index in [2.05, 4.69) is 16.1 Å². The summed E-state index contributed by atoms with van der Waals surface area (Å²) >= 11 is 0. The lowest BCUT2D eigenvalue weighted by atomic mass is 9.96. The first-order chi connectivity index (χ1) is 17.2. The number of amides is 1. The first kappa shape index (κ1) is 20.5. The number of aromatic nitrogens is 2. The van der Waals surface area contributed by atoms with E-state index >= 15 is 0 Å². The van der Waals surface area contributed by atoms with E-state index in [1.807, 2.05) is 72.9 Å². The molecular weight excluding hydrogens is 438 g/mol. The van der Waals surface area contributed by atoms with Crippen molar-refractivity contribution in [2.75, 3.05) is 0 Å². The zero-order valence-electron chi connectivity index (χ0n) is 18.4. The van der Waals surface area contributed by atoms with E-state index in [-0.39, 0.29) is 17.3 Å². The monoisotopic (exact) mass is 455 g/mol. The van der Waals surface area contributed by atoms with Gasteiger partial charge in [-0.3, -0.25) is 4.79 Å². The third-order valence-corrected chi connectivity index (χ3v) is 5.80. The van der Waals surface area contributed by atoms with Crippen molar-refractivity contribution in [3.63, 3.8) is 0 Å². The Kier molecular flexibility index (Phi) is 4.90. The van der Waals surface area contributed by atoms with Crippen LogP contribution in [0.4, 0.5) is 0 Å². The Balaban J connectivity index is 1.49. The van der Waals surface area contributed by atoms with Crippen molar-refractivity contribution in [3.8, 4) is 23.2 Å². The number of benzene rings is 2. The molecule has 166 valence electrons. The van der Waals surface area contributed by atoms with Crippen LogP contribution in [-0.4, -0.2) is 27.2 Å². The minimum atomic E-state index is -0.504. The highest BCUT2D eigenvalue weighted by Crippen LogP contribution is 2.31. The zero-order valence-corrected chi connectivity index (χ0v) is 18.4. The summed E-state index contributed by atoms with van der Waals surface area (Å²) in [5, 5.41) is 15.7. The van der Waals surface area contributed by atoms with E-state index in [1.54, 1.807) is 29.0 Å². The fraction of sp³-hybridized carbons (Fsp3) is 0.0357. The second-order valence-electron chi connectivity index (χ2n) is 8.06. The molecule has 1 aliphatic heterocycles. The molecule has 2 aliphatic rings. The normalized spacial score (nSPS) is 17.2. The minimum Gasteiger partial charge on any atom is -0.454 e. The summed E-state index contributed by atoms with van der Waals surface area (Å²) in [6.45, 7) is 0. The van der Waals surface area contributed by atoms with Crippen LogP contribution in [0.1, 0.15) is 5.56 Å². The van der Waals surface area contributed by atoms with Crippen LogP contribution in [0.3, 0.4) is 0 Å². The van der Waals surface area contributed by atoms with Gasteiger partial charge in [0.25, 0.3) is 5.91 Å². The van der Waals surface area contributed by atoms with E-state index in [0.29, 0.717) is 22.7 Å². The van der Waals surface area contributed by atoms with Crippen LogP contribution in [0.5, 0.6) is 0 Å². The average Bonchev–Trinajstić information content (AvgIpc) is 3.52. The van der Waals surface area contributed by atoms with Crippen LogP contribution in [0.2, 0.25) is 0 Å². The van der Waals surface area contributed by atoms with Gasteiger partial charge in [-0.05, 0) is 36.4 Å². The molecule has 7 heteroatoms. The number of nitrogens with zero attached hydrogens (tertiary/aromatic N) is 5. The number of para-hydroxylation sites is 2. The molecule has 0 saturated carbocycles. The number of allylic oxidation sites excluding steroid dienone is 3. The smallest absolute Gasteiger partial charge is 0.260 e. The van der Waals surface area contributed by atoms with Crippen molar-refractivity contribution < 1.29 is 9.21 Å². The number of rotatable bonds is 4. The van der Waals surface area contributed by atoms with Gasteiger partial charge >= 0.3 is 0 Å². The molecule has 4 aromatic rings. The van der Waals surface area contributed by atoms with E-state index in [4.69, 9.17) is 9.52 Å². The van der Waals surface area contributed by atoms with Gasteiger partial charge in [0, 0.05) is 17.1 Å². The molecule has 0 spiro atoms. The number of hydrogen-bond donors (Lipinski definition) is 0. The predicted octanol–water partition coefficient (Wildman–Crippen LogP) is 5.31. The summed E-state index contributed by atoms with van der Waals surface area (Å²) in [4.78, 5) is 21.2. The van der Waals surface area contributed by atoms with E-state index in [9.17, 15) is 10.1 Å². The van der Waals surface area contributed by atoms with Crippen molar-refractivity contribution in [1.82, 2.24) is 9.78 Å². The van der Waals surface area contributed by atoms with Crippen molar-refractivity contribution >= 4 is 34.5 Å². The highest BCUT2D eigenvalue weighted by Gasteiger charge is 2.28. The van der Waals surface area contributed by atoms with Gasteiger partial charge in [-0.25, -0.2) is 9.67 Å². The standard InChI is InChI=1S/C28H17N5O2/c29-16-19(27-30-23-12-6-5-11-22(23)28(34)31-27)14-20-17-33(21-9-2-1-3-10-21)32-26(20)25-15-18-8-4-7-13-24(18)35-25/h1-15,17,22H/b19-14-. The first-order valence-electron chi connectivity index (χ1n) is 11.0.